The lowest BCUT2D eigenvalue weighted by atomic mass is 10.1. The summed E-state index contributed by atoms with van der Waals surface area (Å²) in [4.78, 5) is 0. The fourth-order valence-corrected chi connectivity index (χ4v) is 4.95. The molecule has 2 aromatic carbocycles. The molecule has 0 aliphatic carbocycles. The van der Waals surface area contributed by atoms with Crippen molar-refractivity contribution in [2.24, 2.45) is 0 Å². The molecule has 180 valence electrons. The normalized spacial score (nSPS) is 11.6. The molecule has 0 N–H and O–H groups in total. The third kappa shape index (κ3) is 10.5. The van der Waals surface area contributed by atoms with Crippen LogP contribution in [-0.4, -0.2) is 26.4 Å². The van der Waals surface area contributed by atoms with Crippen LogP contribution in [0.5, 0.6) is 11.5 Å². The second kappa shape index (κ2) is 15.4. The van der Waals surface area contributed by atoms with Gasteiger partial charge in [-0.05, 0) is 99.9 Å². The average Bonchev–Trinajstić information content (AvgIpc) is 2.73. The number of allylic oxidation sites excluding steroid dienone is 2. The van der Waals surface area contributed by atoms with Crippen molar-refractivity contribution in [3.05, 3.63) is 79.8 Å². The van der Waals surface area contributed by atoms with E-state index in [0.717, 1.165) is 59.3 Å². The summed E-state index contributed by atoms with van der Waals surface area (Å²) < 4.78 is 19.7. The quantitative estimate of drug-likeness (QED) is 0.166. The first-order valence-corrected chi connectivity index (χ1v) is 13.1. The van der Waals surface area contributed by atoms with Gasteiger partial charge in [-0.2, -0.15) is 0 Å². The summed E-state index contributed by atoms with van der Waals surface area (Å²) >= 11 is 7.04. The molecule has 0 saturated heterocycles. The number of rotatable bonds is 14. The van der Waals surface area contributed by atoms with Crippen LogP contribution in [0.25, 0.3) is 0 Å². The largest absolute Gasteiger partial charge is 0.493 e. The highest BCUT2D eigenvalue weighted by atomic mass is 79.9. The Kier molecular flexibility index (Phi) is 12.9. The molecule has 3 nitrogen and oxygen atoms in total. The van der Waals surface area contributed by atoms with Crippen LogP contribution in [0, 0.1) is 27.7 Å². The lowest BCUT2D eigenvalue weighted by molar-refractivity contribution is 0.193. The summed E-state index contributed by atoms with van der Waals surface area (Å²) in [6.07, 6.45) is 12.5. The Bertz CT molecular complexity index is 813. The Labute approximate surface area is 216 Å². The third-order valence-corrected chi connectivity index (χ3v) is 6.05. The Morgan fingerprint density at radius 3 is 1.33 bits per heavy atom. The summed E-state index contributed by atoms with van der Waals surface area (Å²) in [7, 11) is 0. The van der Waals surface area contributed by atoms with Gasteiger partial charge in [0.2, 0.25) is 0 Å². The molecule has 2 aromatic rings. The molecule has 0 fully saturated rings. The van der Waals surface area contributed by atoms with Crippen molar-refractivity contribution < 1.29 is 14.2 Å². The molecule has 0 spiro atoms. The van der Waals surface area contributed by atoms with Crippen LogP contribution in [0.1, 0.15) is 47.9 Å². The van der Waals surface area contributed by atoms with Crippen molar-refractivity contribution in [1.82, 2.24) is 0 Å². The van der Waals surface area contributed by atoms with Crippen molar-refractivity contribution in [1.29, 1.82) is 0 Å². The summed E-state index contributed by atoms with van der Waals surface area (Å²) in [6, 6.07) is 8.36. The SMILES string of the molecule is Cc1cc(Br)cc(C)c1OCCCC=CCOCC=CCCCOc1c(C)cc(Br)cc1C. The number of benzene rings is 2. The molecule has 0 heterocycles. The van der Waals surface area contributed by atoms with Crippen LogP contribution in [-0.2, 0) is 4.74 Å². The molecule has 0 unspecified atom stereocenters. The minimum Gasteiger partial charge on any atom is -0.493 e. The van der Waals surface area contributed by atoms with Gasteiger partial charge in [-0.25, -0.2) is 0 Å². The Morgan fingerprint density at radius 1 is 0.606 bits per heavy atom. The lowest BCUT2D eigenvalue weighted by Crippen LogP contribution is -2.00. The molecular formula is C28H36Br2O3. The van der Waals surface area contributed by atoms with Gasteiger partial charge < -0.3 is 14.2 Å². The predicted octanol–water partition coefficient (Wildman–Crippen LogP) is 8.59. The van der Waals surface area contributed by atoms with Gasteiger partial charge in [0.15, 0.2) is 0 Å². The summed E-state index contributed by atoms with van der Waals surface area (Å²) in [5, 5.41) is 0. The third-order valence-electron chi connectivity index (χ3n) is 5.13. The molecule has 33 heavy (non-hydrogen) atoms. The van der Waals surface area contributed by atoms with E-state index in [9.17, 15) is 0 Å². The fraction of sp³-hybridized carbons (Fsp3) is 0.429. The molecular weight excluding hydrogens is 544 g/mol. The molecule has 0 aliphatic rings. The topological polar surface area (TPSA) is 27.7 Å². The van der Waals surface area contributed by atoms with E-state index in [1.807, 2.05) is 0 Å². The van der Waals surface area contributed by atoms with E-state index >= 15 is 0 Å². The van der Waals surface area contributed by atoms with E-state index in [-0.39, 0.29) is 0 Å². The molecule has 0 radical (unpaired) electrons. The first-order chi connectivity index (χ1) is 15.9. The maximum atomic E-state index is 5.96. The standard InChI is InChI=1S/C28H36Br2O3/c1-21-17-25(29)18-22(2)27(21)32-15-11-7-5-9-13-31-14-10-6-8-12-16-33-28-23(3)19-26(30)20-24(28)4/h5-6,9-10,17-20H,7-8,11-16H2,1-4H3. The molecule has 0 amide bonds. The highest BCUT2D eigenvalue weighted by molar-refractivity contribution is 9.10. The van der Waals surface area contributed by atoms with Crippen LogP contribution in [0.3, 0.4) is 0 Å². The van der Waals surface area contributed by atoms with Crippen molar-refractivity contribution >= 4 is 31.9 Å². The zero-order valence-corrected chi connectivity index (χ0v) is 23.4. The van der Waals surface area contributed by atoms with Gasteiger partial charge in [0.1, 0.15) is 11.5 Å². The number of unbranched alkanes of at least 4 members (excludes halogenated alkanes) is 2. The van der Waals surface area contributed by atoms with Crippen LogP contribution in [0.15, 0.2) is 57.5 Å². The Hall–Kier alpha value is -1.56. The number of halogens is 2. The van der Waals surface area contributed by atoms with E-state index in [1.165, 1.54) is 22.3 Å². The van der Waals surface area contributed by atoms with Gasteiger partial charge in [0, 0.05) is 8.95 Å². The van der Waals surface area contributed by atoms with Crippen molar-refractivity contribution in [3.63, 3.8) is 0 Å². The van der Waals surface area contributed by atoms with E-state index in [2.05, 4.69) is 108 Å². The summed E-state index contributed by atoms with van der Waals surface area (Å²) in [5.41, 5.74) is 4.67. The predicted molar refractivity (Wildman–Crippen MR) is 146 cm³/mol. The van der Waals surface area contributed by atoms with Crippen LogP contribution in [0.4, 0.5) is 0 Å². The number of hydrogen-bond acceptors (Lipinski definition) is 3. The monoisotopic (exact) mass is 578 g/mol. The zero-order valence-electron chi connectivity index (χ0n) is 20.3. The molecule has 2 rings (SSSR count). The van der Waals surface area contributed by atoms with Gasteiger partial charge in [0.05, 0.1) is 26.4 Å². The van der Waals surface area contributed by atoms with Crippen LogP contribution < -0.4 is 9.47 Å². The molecule has 0 bridgehead atoms. The van der Waals surface area contributed by atoms with Crippen molar-refractivity contribution in [3.8, 4) is 11.5 Å². The fourth-order valence-electron chi connectivity index (χ4n) is 3.58. The van der Waals surface area contributed by atoms with Gasteiger partial charge in [0.25, 0.3) is 0 Å². The average molecular weight is 580 g/mol. The molecule has 0 saturated carbocycles. The minimum atomic E-state index is 0.640. The number of hydrogen-bond donors (Lipinski definition) is 0. The van der Waals surface area contributed by atoms with Gasteiger partial charge in [-0.3, -0.25) is 0 Å². The molecule has 0 aromatic heterocycles. The Balaban J connectivity index is 1.47. The van der Waals surface area contributed by atoms with Gasteiger partial charge in [-0.1, -0.05) is 56.2 Å². The number of ether oxygens (including phenoxy) is 3. The first-order valence-electron chi connectivity index (χ1n) is 11.5. The van der Waals surface area contributed by atoms with Gasteiger partial charge in [-0.15, -0.1) is 0 Å². The van der Waals surface area contributed by atoms with Crippen molar-refractivity contribution in [2.45, 2.75) is 53.4 Å². The maximum Gasteiger partial charge on any atom is 0.125 e. The minimum absolute atomic E-state index is 0.640. The highest BCUT2D eigenvalue weighted by Crippen LogP contribution is 2.28. The van der Waals surface area contributed by atoms with E-state index < -0.39 is 0 Å². The molecule has 5 heteroatoms. The van der Waals surface area contributed by atoms with Crippen LogP contribution in [0.2, 0.25) is 0 Å². The van der Waals surface area contributed by atoms with E-state index in [0.29, 0.717) is 13.2 Å². The van der Waals surface area contributed by atoms with Crippen LogP contribution >= 0.6 is 31.9 Å². The molecule has 0 aliphatic heterocycles. The van der Waals surface area contributed by atoms with Gasteiger partial charge >= 0.3 is 0 Å². The lowest BCUT2D eigenvalue weighted by Gasteiger charge is -2.12. The number of aryl methyl sites for hydroxylation is 4. The van der Waals surface area contributed by atoms with Crippen molar-refractivity contribution in [2.75, 3.05) is 26.4 Å². The summed E-state index contributed by atoms with van der Waals surface area (Å²) in [6.45, 7) is 11.1. The summed E-state index contributed by atoms with van der Waals surface area (Å²) in [5.74, 6) is 2.00. The second-order valence-corrected chi connectivity index (χ2v) is 10.0. The zero-order chi connectivity index (χ0) is 24.1. The first kappa shape index (κ1) is 27.7. The Morgan fingerprint density at radius 2 is 0.970 bits per heavy atom. The van der Waals surface area contributed by atoms with E-state index in [4.69, 9.17) is 14.2 Å². The second-order valence-electron chi connectivity index (χ2n) is 8.20. The smallest absolute Gasteiger partial charge is 0.125 e. The molecule has 0 atom stereocenters. The maximum absolute atomic E-state index is 5.96. The van der Waals surface area contributed by atoms with E-state index in [1.54, 1.807) is 0 Å². The highest BCUT2D eigenvalue weighted by Gasteiger charge is 2.06.